The molecule has 1 fully saturated rings. The molecule has 1 N–H and O–H groups in total. The molecular weight excluding hydrogens is 256 g/mol. The minimum absolute atomic E-state index is 0.153. The Morgan fingerprint density at radius 3 is 2.84 bits per heavy atom. The summed E-state index contributed by atoms with van der Waals surface area (Å²) >= 11 is 1.96. The van der Waals surface area contributed by atoms with Crippen LogP contribution in [-0.4, -0.2) is 25.2 Å². The van der Waals surface area contributed by atoms with Crippen LogP contribution in [0.3, 0.4) is 0 Å². The Morgan fingerprint density at radius 2 is 2.16 bits per heavy atom. The molecule has 1 saturated carbocycles. The smallest absolute Gasteiger partial charge is 0.113 e. The number of thiazole rings is 1. The van der Waals surface area contributed by atoms with E-state index in [0.717, 1.165) is 19.1 Å². The maximum atomic E-state index is 5.17. The molecule has 0 bridgehead atoms. The number of hydrogen-bond acceptors (Lipinski definition) is 4. The Morgan fingerprint density at radius 1 is 1.37 bits per heavy atom. The number of nitrogens with one attached hydrogen (secondary N) is 1. The summed E-state index contributed by atoms with van der Waals surface area (Å²) in [6.45, 7) is 4.04. The first-order valence-corrected chi connectivity index (χ1v) is 8.28. The average Bonchev–Trinajstić information content (AvgIpc) is 2.80. The largest absolute Gasteiger partial charge is 0.383 e. The Balaban J connectivity index is 1.77. The number of rotatable bonds is 5. The van der Waals surface area contributed by atoms with Gasteiger partial charge in [0.15, 0.2) is 0 Å². The van der Waals surface area contributed by atoms with E-state index in [1.807, 2.05) is 11.3 Å². The highest BCUT2D eigenvalue weighted by Crippen LogP contribution is 2.47. The van der Waals surface area contributed by atoms with Crippen LogP contribution in [0.4, 0.5) is 0 Å². The fourth-order valence-electron chi connectivity index (χ4n) is 3.47. The zero-order valence-corrected chi connectivity index (χ0v) is 12.8. The van der Waals surface area contributed by atoms with E-state index in [1.54, 1.807) is 12.0 Å². The number of nitrogens with zero attached hydrogens (tertiary/aromatic N) is 1. The number of hydrogen-bond donors (Lipinski definition) is 1. The maximum absolute atomic E-state index is 5.17. The fraction of sp³-hybridized carbons (Fsp3) is 0.800. The third kappa shape index (κ3) is 2.58. The highest BCUT2D eigenvalue weighted by molar-refractivity contribution is 7.11. The molecule has 0 radical (unpaired) electrons. The summed E-state index contributed by atoms with van der Waals surface area (Å²) in [5.41, 5.74) is 1.54. The summed E-state index contributed by atoms with van der Waals surface area (Å²) in [6.07, 6.45) is 7.55. The fourth-order valence-corrected chi connectivity index (χ4v) is 4.81. The zero-order valence-electron chi connectivity index (χ0n) is 12.0. The predicted octanol–water partition coefficient (Wildman–Crippen LogP) is 2.88. The zero-order chi connectivity index (χ0) is 13.3. The van der Waals surface area contributed by atoms with Crippen molar-refractivity contribution in [3.05, 3.63) is 15.6 Å². The molecule has 0 atom stereocenters. The first-order chi connectivity index (χ1) is 9.23. The minimum atomic E-state index is 0.153. The number of aromatic nitrogens is 1. The van der Waals surface area contributed by atoms with Crippen LogP contribution in [0.2, 0.25) is 0 Å². The Labute approximate surface area is 119 Å². The molecule has 0 aliphatic heterocycles. The summed E-state index contributed by atoms with van der Waals surface area (Å²) in [5.74, 6) is 0.816. The molecule has 19 heavy (non-hydrogen) atoms. The van der Waals surface area contributed by atoms with Gasteiger partial charge in [-0.2, -0.15) is 0 Å². The van der Waals surface area contributed by atoms with E-state index in [9.17, 15) is 0 Å². The van der Waals surface area contributed by atoms with Gasteiger partial charge in [0.25, 0.3) is 0 Å². The summed E-state index contributed by atoms with van der Waals surface area (Å²) in [7, 11) is 1.76. The molecule has 4 heteroatoms. The van der Waals surface area contributed by atoms with Gasteiger partial charge in [-0.05, 0) is 44.4 Å². The van der Waals surface area contributed by atoms with Gasteiger partial charge < -0.3 is 10.1 Å². The second-order valence-corrected chi connectivity index (χ2v) is 7.19. The molecule has 0 spiro atoms. The van der Waals surface area contributed by atoms with E-state index >= 15 is 0 Å². The molecule has 0 unspecified atom stereocenters. The van der Waals surface area contributed by atoms with Crippen molar-refractivity contribution < 1.29 is 4.74 Å². The predicted molar refractivity (Wildman–Crippen MR) is 78.7 cm³/mol. The highest BCUT2D eigenvalue weighted by Gasteiger charge is 2.45. The van der Waals surface area contributed by atoms with E-state index in [-0.39, 0.29) is 5.54 Å². The van der Waals surface area contributed by atoms with Crippen molar-refractivity contribution in [2.24, 2.45) is 5.92 Å². The van der Waals surface area contributed by atoms with Crippen molar-refractivity contribution in [3.63, 3.8) is 0 Å². The molecule has 0 amide bonds. The molecule has 2 aliphatic rings. The normalized spacial score (nSPS) is 29.9. The number of ether oxygens (including phenoxy) is 1. The van der Waals surface area contributed by atoms with Crippen molar-refractivity contribution in [1.82, 2.24) is 10.3 Å². The van der Waals surface area contributed by atoms with Crippen LogP contribution >= 0.6 is 11.3 Å². The van der Waals surface area contributed by atoms with Gasteiger partial charge in [-0.3, -0.25) is 0 Å². The topological polar surface area (TPSA) is 34.1 Å². The summed E-state index contributed by atoms with van der Waals surface area (Å²) in [5, 5.41) is 5.05. The first kappa shape index (κ1) is 13.5. The van der Waals surface area contributed by atoms with E-state index in [0.29, 0.717) is 0 Å². The summed E-state index contributed by atoms with van der Waals surface area (Å²) in [4.78, 5) is 6.52. The summed E-state index contributed by atoms with van der Waals surface area (Å²) in [6, 6.07) is 0. The standard InChI is InChI=1S/C15H24N2OS/c1-11-9-15(10-11,16-7-8-18-2)14-17-12-5-3-4-6-13(12)19-14/h11,16H,3-10H2,1-2H3. The van der Waals surface area contributed by atoms with Crippen LogP contribution in [0.1, 0.15) is 48.2 Å². The van der Waals surface area contributed by atoms with E-state index < -0.39 is 0 Å². The average molecular weight is 280 g/mol. The Kier molecular flexibility index (Phi) is 3.92. The third-order valence-corrected chi connectivity index (χ3v) is 5.78. The lowest BCUT2D eigenvalue weighted by molar-refractivity contribution is 0.0981. The number of methoxy groups -OCH3 is 1. The first-order valence-electron chi connectivity index (χ1n) is 7.46. The Hall–Kier alpha value is -0.450. The molecular formula is C15H24N2OS. The van der Waals surface area contributed by atoms with Crippen LogP contribution in [0.25, 0.3) is 0 Å². The van der Waals surface area contributed by atoms with Crippen LogP contribution < -0.4 is 5.32 Å². The maximum Gasteiger partial charge on any atom is 0.113 e. The highest BCUT2D eigenvalue weighted by atomic mass is 32.1. The lowest BCUT2D eigenvalue weighted by atomic mass is 9.69. The summed E-state index contributed by atoms with van der Waals surface area (Å²) < 4.78 is 5.17. The van der Waals surface area contributed by atoms with Gasteiger partial charge in [-0.1, -0.05) is 6.92 Å². The third-order valence-electron chi connectivity index (χ3n) is 4.42. The van der Waals surface area contributed by atoms with Gasteiger partial charge in [0.1, 0.15) is 5.01 Å². The lowest BCUT2D eigenvalue weighted by Gasteiger charge is -2.46. The number of aryl methyl sites for hydroxylation is 2. The van der Waals surface area contributed by atoms with Gasteiger partial charge in [-0.25, -0.2) is 4.98 Å². The van der Waals surface area contributed by atoms with Crippen molar-refractivity contribution in [2.45, 2.75) is 51.0 Å². The van der Waals surface area contributed by atoms with Crippen molar-refractivity contribution in [3.8, 4) is 0 Å². The van der Waals surface area contributed by atoms with Gasteiger partial charge in [0, 0.05) is 18.5 Å². The molecule has 1 heterocycles. The molecule has 0 aromatic carbocycles. The second kappa shape index (κ2) is 5.51. The van der Waals surface area contributed by atoms with Crippen LogP contribution in [0, 0.1) is 5.92 Å². The molecule has 106 valence electrons. The van der Waals surface area contributed by atoms with Crippen molar-refractivity contribution in [2.75, 3.05) is 20.3 Å². The van der Waals surface area contributed by atoms with Gasteiger partial charge in [0.2, 0.25) is 0 Å². The number of fused-ring (bicyclic) bond motifs is 1. The van der Waals surface area contributed by atoms with Gasteiger partial charge >= 0.3 is 0 Å². The van der Waals surface area contributed by atoms with Gasteiger partial charge in [-0.15, -0.1) is 11.3 Å². The molecule has 2 aliphatic carbocycles. The quantitative estimate of drug-likeness (QED) is 0.842. The lowest BCUT2D eigenvalue weighted by Crippen LogP contribution is -2.52. The Bertz CT molecular complexity index is 414. The molecule has 3 rings (SSSR count). The minimum Gasteiger partial charge on any atom is -0.383 e. The van der Waals surface area contributed by atoms with E-state index in [2.05, 4.69) is 12.2 Å². The second-order valence-electron chi connectivity index (χ2n) is 6.11. The van der Waals surface area contributed by atoms with Gasteiger partial charge in [0.05, 0.1) is 17.8 Å². The van der Waals surface area contributed by atoms with E-state index in [4.69, 9.17) is 9.72 Å². The van der Waals surface area contributed by atoms with E-state index in [1.165, 1.54) is 49.2 Å². The van der Waals surface area contributed by atoms with Crippen molar-refractivity contribution in [1.29, 1.82) is 0 Å². The molecule has 0 saturated heterocycles. The van der Waals surface area contributed by atoms with Crippen molar-refractivity contribution >= 4 is 11.3 Å². The van der Waals surface area contributed by atoms with Crippen LogP contribution in [0.5, 0.6) is 0 Å². The van der Waals surface area contributed by atoms with Crippen LogP contribution in [0.15, 0.2) is 0 Å². The molecule has 1 aromatic rings. The SMILES string of the molecule is COCCNC1(c2nc3c(s2)CCCC3)CC(C)C1. The monoisotopic (exact) mass is 280 g/mol. The van der Waals surface area contributed by atoms with Crippen LogP contribution in [-0.2, 0) is 23.1 Å². The molecule has 1 aromatic heterocycles. The molecule has 3 nitrogen and oxygen atoms in total.